The maximum Gasteiger partial charge on any atom is 0.237 e. The van der Waals surface area contributed by atoms with Crippen molar-refractivity contribution < 1.29 is 13.2 Å². The van der Waals surface area contributed by atoms with Crippen LogP contribution >= 0.6 is 0 Å². The van der Waals surface area contributed by atoms with Crippen LogP contribution in [0.3, 0.4) is 0 Å². The second-order valence-electron chi connectivity index (χ2n) is 7.69. The van der Waals surface area contributed by atoms with Gasteiger partial charge in [-0.3, -0.25) is 4.79 Å². The molecule has 164 valence electrons. The van der Waals surface area contributed by atoms with Crippen molar-refractivity contribution in [2.45, 2.75) is 18.6 Å². The third-order valence-corrected chi connectivity index (χ3v) is 6.65. The molecule has 3 aromatic carbocycles. The van der Waals surface area contributed by atoms with Crippen LogP contribution in [-0.4, -0.2) is 38.1 Å². The summed E-state index contributed by atoms with van der Waals surface area (Å²) < 4.78 is 25.4. The fourth-order valence-electron chi connectivity index (χ4n) is 3.44. The van der Waals surface area contributed by atoms with Crippen LogP contribution < -0.4 is 0 Å². The maximum absolute atomic E-state index is 13.0. The van der Waals surface area contributed by atoms with Gasteiger partial charge in [0.05, 0.1) is 17.4 Å². The number of carbonyl (C=O) groups excluding carboxylic acids is 1. The molecule has 0 radical (unpaired) electrons. The summed E-state index contributed by atoms with van der Waals surface area (Å²) >= 11 is 0. The largest absolute Gasteiger partial charge is 0.341 e. The summed E-state index contributed by atoms with van der Waals surface area (Å²) in [4.78, 5) is 14.6. The Labute approximate surface area is 189 Å². The Morgan fingerprint density at radius 1 is 0.750 bits per heavy atom. The minimum absolute atomic E-state index is 0.227. The molecule has 0 heterocycles. The van der Waals surface area contributed by atoms with Crippen LogP contribution in [0.4, 0.5) is 0 Å². The summed E-state index contributed by atoms with van der Waals surface area (Å²) in [6.45, 7) is 0.921. The summed E-state index contributed by atoms with van der Waals surface area (Å²) in [7, 11) is -3.64. The Morgan fingerprint density at radius 3 is 1.72 bits per heavy atom. The Balaban J connectivity index is 1.66. The van der Waals surface area contributed by atoms with Gasteiger partial charge in [0.2, 0.25) is 5.91 Å². The first kappa shape index (κ1) is 23.2. The number of amides is 1. The third kappa shape index (κ3) is 7.36. The SMILES string of the molecule is N#Cc1ccc(CS(=O)(=O)CC(=O)N(CCc2ccccc2)CCc2ccccc2)cc1. The van der Waals surface area contributed by atoms with E-state index in [1.54, 1.807) is 29.2 Å². The van der Waals surface area contributed by atoms with Crippen molar-refractivity contribution in [3.05, 3.63) is 107 Å². The zero-order valence-electron chi connectivity index (χ0n) is 17.9. The third-order valence-electron chi connectivity index (χ3n) is 5.19. The van der Waals surface area contributed by atoms with Gasteiger partial charge in [-0.1, -0.05) is 72.8 Å². The van der Waals surface area contributed by atoms with Crippen LogP contribution in [0.25, 0.3) is 0 Å². The van der Waals surface area contributed by atoms with Crippen molar-refractivity contribution in [3.8, 4) is 6.07 Å². The van der Waals surface area contributed by atoms with E-state index in [0.717, 1.165) is 11.1 Å². The van der Waals surface area contributed by atoms with E-state index in [0.29, 0.717) is 37.1 Å². The molecule has 0 bridgehead atoms. The molecule has 0 atom stereocenters. The van der Waals surface area contributed by atoms with Crippen LogP contribution in [0.1, 0.15) is 22.3 Å². The van der Waals surface area contributed by atoms with Gasteiger partial charge in [0, 0.05) is 13.1 Å². The van der Waals surface area contributed by atoms with Gasteiger partial charge in [-0.05, 0) is 41.7 Å². The summed E-state index contributed by atoms with van der Waals surface area (Å²) in [5.74, 6) is -1.14. The molecule has 1 amide bonds. The first-order valence-corrected chi connectivity index (χ1v) is 12.3. The Bertz CT molecular complexity index is 1110. The minimum Gasteiger partial charge on any atom is -0.341 e. The molecule has 0 N–H and O–H groups in total. The number of sulfone groups is 1. The molecule has 6 heteroatoms. The molecule has 5 nitrogen and oxygen atoms in total. The van der Waals surface area contributed by atoms with E-state index in [1.807, 2.05) is 66.7 Å². The highest BCUT2D eigenvalue weighted by Crippen LogP contribution is 2.11. The Morgan fingerprint density at radius 2 is 1.25 bits per heavy atom. The molecular formula is C26H26N2O3S. The first-order valence-electron chi connectivity index (χ1n) is 10.5. The van der Waals surface area contributed by atoms with Crippen LogP contribution in [0.15, 0.2) is 84.9 Å². The molecule has 0 spiro atoms. The van der Waals surface area contributed by atoms with Gasteiger partial charge in [-0.25, -0.2) is 8.42 Å². The summed E-state index contributed by atoms with van der Waals surface area (Å²) in [5, 5.41) is 8.89. The second kappa shape index (κ2) is 11.3. The standard InChI is InChI=1S/C26H26N2O3S/c27-19-24-11-13-25(14-12-24)20-32(30,31)21-26(29)28(17-15-22-7-3-1-4-8-22)18-16-23-9-5-2-6-10-23/h1-14H,15-18,20-21H2. The summed E-state index contributed by atoms with van der Waals surface area (Å²) in [6, 6.07) is 28.1. The Kier molecular flexibility index (Phi) is 8.18. The van der Waals surface area contributed by atoms with Crippen LogP contribution in [-0.2, 0) is 33.2 Å². The average Bonchev–Trinajstić information content (AvgIpc) is 2.80. The molecule has 0 saturated heterocycles. The first-order chi connectivity index (χ1) is 15.4. The van der Waals surface area contributed by atoms with E-state index in [2.05, 4.69) is 0 Å². The van der Waals surface area contributed by atoms with Crippen molar-refractivity contribution in [3.63, 3.8) is 0 Å². The van der Waals surface area contributed by atoms with Crippen molar-refractivity contribution >= 4 is 15.7 Å². The molecule has 3 aromatic rings. The van der Waals surface area contributed by atoms with Gasteiger partial charge in [-0.15, -0.1) is 0 Å². The summed E-state index contributed by atoms with van der Waals surface area (Å²) in [6.07, 6.45) is 1.33. The van der Waals surface area contributed by atoms with Crippen molar-refractivity contribution in [2.24, 2.45) is 0 Å². The van der Waals surface area contributed by atoms with Crippen molar-refractivity contribution in [1.82, 2.24) is 4.90 Å². The number of carbonyl (C=O) groups is 1. The predicted molar refractivity (Wildman–Crippen MR) is 126 cm³/mol. The van der Waals surface area contributed by atoms with E-state index < -0.39 is 15.6 Å². The highest BCUT2D eigenvalue weighted by molar-refractivity contribution is 7.91. The fraction of sp³-hybridized carbons (Fsp3) is 0.231. The summed E-state index contributed by atoms with van der Waals surface area (Å²) in [5.41, 5.74) is 3.24. The van der Waals surface area contributed by atoms with E-state index in [9.17, 15) is 13.2 Å². The number of nitrogens with zero attached hydrogens (tertiary/aromatic N) is 2. The lowest BCUT2D eigenvalue weighted by Crippen LogP contribution is -2.38. The lowest BCUT2D eigenvalue weighted by atomic mass is 10.1. The second-order valence-corrected chi connectivity index (χ2v) is 9.76. The van der Waals surface area contributed by atoms with E-state index >= 15 is 0 Å². The normalized spacial score (nSPS) is 11.0. The lowest BCUT2D eigenvalue weighted by Gasteiger charge is -2.23. The smallest absolute Gasteiger partial charge is 0.237 e. The molecule has 0 aliphatic carbocycles. The van der Waals surface area contributed by atoms with Gasteiger partial charge in [0.1, 0.15) is 5.75 Å². The van der Waals surface area contributed by atoms with Crippen LogP contribution in [0.2, 0.25) is 0 Å². The maximum atomic E-state index is 13.0. The van der Waals surface area contributed by atoms with E-state index in [1.165, 1.54) is 0 Å². The number of rotatable bonds is 10. The number of benzene rings is 3. The predicted octanol–water partition coefficient (Wildman–Crippen LogP) is 3.79. The Hall–Kier alpha value is -3.43. The zero-order valence-corrected chi connectivity index (χ0v) is 18.7. The zero-order chi connectivity index (χ0) is 22.8. The average molecular weight is 447 g/mol. The fourth-order valence-corrected chi connectivity index (χ4v) is 4.80. The minimum atomic E-state index is -3.64. The highest BCUT2D eigenvalue weighted by Gasteiger charge is 2.22. The van der Waals surface area contributed by atoms with Gasteiger partial charge in [0.25, 0.3) is 0 Å². The van der Waals surface area contributed by atoms with Gasteiger partial charge in [0.15, 0.2) is 9.84 Å². The quantitative estimate of drug-likeness (QED) is 0.475. The topological polar surface area (TPSA) is 78.2 Å². The molecule has 32 heavy (non-hydrogen) atoms. The molecule has 0 aliphatic heterocycles. The molecule has 3 rings (SSSR count). The van der Waals surface area contributed by atoms with Gasteiger partial charge >= 0.3 is 0 Å². The molecule has 0 fully saturated rings. The molecular weight excluding hydrogens is 420 g/mol. The van der Waals surface area contributed by atoms with Crippen molar-refractivity contribution in [2.75, 3.05) is 18.8 Å². The van der Waals surface area contributed by atoms with Crippen molar-refractivity contribution in [1.29, 1.82) is 5.26 Å². The molecule has 0 unspecified atom stereocenters. The molecule has 0 saturated carbocycles. The molecule has 0 aliphatic rings. The van der Waals surface area contributed by atoms with E-state index in [-0.39, 0.29) is 11.7 Å². The van der Waals surface area contributed by atoms with Crippen LogP contribution in [0, 0.1) is 11.3 Å². The number of hydrogen-bond donors (Lipinski definition) is 0. The monoisotopic (exact) mass is 446 g/mol. The van der Waals surface area contributed by atoms with Gasteiger partial charge in [-0.2, -0.15) is 5.26 Å². The number of hydrogen-bond acceptors (Lipinski definition) is 4. The highest BCUT2D eigenvalue weighted by atomic mass is 32.2. The number of nitriles is 1. The van der Waals surface area contributed by atoms with Crippen LogP contribution in [0.5, 0.6) is 0 Å². The van der Waals surface area contributed by atoms with Gasteiger partial charge < -0.3 is 4.90 Å². The molecule has 0 aromatic heterocycles. The lowest BCUT2D eigenvalue weighted by molar-refractivity contribution is -0.128. The van der Waals surface area contributed by atoms with E-state index in [4.69, 9.17) is 5.26 Å².